The molecule has 1 aliphatic rings. The number of carbonyl (C=O) groups is 2. The van der Waals surface area contributed by atoms with Gasteiger partial charge in [0.2, 0.25) is 5.91 Å². The average Bonchev–Trinajstić information content (AvgIpc) is 3.57. The fraction of sp³-hybridized carbons (Fsp3) is 0.407. The quantitative estimate of drug-likeness (QED) is 0.486. The molecule has 7 nitrogen and oxygen atoms in total. The zero-order valence-corrected chi connectivity index (χ0v) is 20.4. The van der Waals surface area contributed by atoms with Crippen molar-refractivity contribution in [2.45, 2.75) is 58.2 Å². The van der Waals surface area contributed by atoms with Gasteiger partial charge in [-0.3, -0.25) is 14.3 Å². The zero-order chi connectivity index (χ0) is 24.9. The Morgan fingerprint density at radius 3 is 2.51 bits per heavy atom. The molecule has 1 saturated heterocycles. The monoisotopic (exact) mass is 477 g/mol. The van der Waals surface area contributed by atoms with Gasteiger partial charge in [-0.2, -0.15) is 5.10 Å². The van der Waals surface area contributed by atoms with E-state index < -0.39 is 12.0 Å². The van der Waals surface area contributed by atoms with Crippen LogP contribution in [0.25, 0.3) is 11.1 Å². The van der Waals surface area contributed by atoms with E-state index in [2.05, 4.69) is 20.7 Å². The molecule has 35 heavy (non-hydrogen) atoms. The molecule has 2 heterocycles. The molecule has 0 spiro atoms. The molecule has 3 atom stereocenters. The fourth-order valence-corrected chi connectivity index (χ4v) is 4.63. The van der Waals surface area contributed by atoms with Gasteiger partial charge in [-0.05, 0) is 42.0 Å². The van der Waals surface area contributed by atoms with Gasteiger partial charge >= 0.3 is 0 Å². The normalized spacial score (nSPS) is 17.3. The third-order valence-electron chi connectivity index (χ3n) is 6.56. The smallest absolute Gasteiger partial charge is 0.237 e. The highest BCUT2D eigenvalue weighted by Crippen LogP contribution is 2.36. The Morgan fingerprint density at radius 2 is 1.89 bits per heavy atom. The number of ketones is 1. The number of aromatic nitrogens is 3. The minimum Gasteiger partial charge on any atom is -0.341 e. The summed E-state index contributed by atoms with van der Waals surface area (Å²) in [5, 5.41) is 10.2. The molecular weight excluding hydrogens is 445 g/mol. The molecule has 184 valence electrons. The van der Waals surface area contributed by atoms with E-state index in [4.69, 9.17) is 0 Å². The molecule has 0 radical (unpaired) electrons. The van der Waals surface area contributed by atoms with Gasteiger partial charge < -0.3 is 10.6 Å². The maximum Gasteiger partial charge on any atom is 0.237 e. The Bertz CT molecular complexity index is 1160. The summed E-state index contributed by atoms with van der Waals surface area (Å²) in [7, 11) is 0. The highest BCUT2D eigenvalue weighted by atomic mass is 19.1. The number of nitrogens with one attached hydrogen (secondary N) is 2. The SMILES string of the molecule is CC(Cn1cncn1)C(=O)C(NC(=O)C1CCCN1)c1ccc(C(C)C)c(F)c1-c1ccccc1. The van der Waals surface area contributed by atoms with E-state index in [1.54, 1.807) is 30.1 Å². The number of amides is 1. The summed E-state index contributed by atoms with van der Waals surface area (Å²) in [6.07, 6.45) is 4.56. The fourth-order valence-electron chi connectivity index (χ4n) is 4.63. The number of carbonyl (C=O) groups excluding carboxylic acids is 2. The summed E-state index contributed by atoms with van der Waals surface area (Å²) in [5.41, 5.74) is 2.04. The Labute approximate surface area is 205 Å². The van der Waals surface area contributed by atoms with Crippen LogP contribution in [0.1, 0.15) is 56.7 Å². The Balaban J connectivity index is 1.79. The molecule has 1 aromatic heterocycles. The summed E-state index contributed by atoms with van der Waals surface area (Å²) in [6.45, 7) is 6.72. The summed E-state index contributed by atoms with van der Waals surface area (Å²) in [6, 6.07) is 11.3. The van der Waals surface area contributed by atoms with Gasteiger partial charge in [0, 0.05) is 11.5 Å². The number of benzene rings is 2. The van der Waals surface area contributed by atoms with Crippen LogP contribution in [0.3, 0.4) is 0 Å². The van der Waals surface area contributed by atoms with Crippen molar-refractivity contribution in [2.75, 3.05) is 6.54 Å². The molecule has 1 amide bonds. The third kappa shape index (κ3) is 5.48. The first kappa shape index (κ1) is 24.7. The number of rotatable bonds is 9. The van der Waals surface area contributed by atoms with Crippen molar-refractivity contribution in [1.29, 1.82) is 0 Å². The van der Waals surface area contributed by atoms with E-state index in [1.165, 1.54) is 6.33 Å². The number of hydrogen-bond donors (Lipinski definition) is 2. The first-order chi connectivity index (χ1) is 16.9. The van der Waals surface area contributed by atoms with Gasteiger partial charge in [-0.15, -0.1) is 0 Å². The largest absolute Gasteiger partial charge is 0.341 e. The van der Waals surface area contributed by atoms with Crippen molar-refractivity contribution in [1.82, 2.24) is 25.4 Å². The molecule has 2 N–H and O–H groups in total. The number of nitrogens with zero attached hydrogens (tertiary/aromatic N) is 3. The summed E-state index contributed by atoms with van der Waals surface area (Å²) < 4.78 is 17.6. The van der Waals surface area contributed by atoms with E-state index in [0.717, 1.165) is 13.0 Å². The molecule has 4 rings (SSSR count). The second kappa shape index (κ2) is 10.9. The lowest BCUT2D eigenvalue weighted by Gasteiger charge is -2.26. The van der Waals surface area contributed by atoms with E-state index in [9.17, 15) is 9.59 Å². The number of halogens is 1. The average molecular weight is 478 g/mol. The Hall–Kier alpha value is -3.39. The molecule has 0 aliphatic carbocycles. The molecule has 3 unspecified atom stereocenters. The van der Waals surface area contributed by atoms with Crippen LogP contribution in [0, 0.1) is 11.7 Å². The highest BCUT2D eigenvalue weighted by molar-refractivity contribution is 5.94. The predicted molar refractivity (Wildman–Crippen MR) is 132 cm³/mol. The molecule has 3 aromatic rings. The molecule has 8 heteroatoms. The molecule has 0 saturated carbocycles. The lowest BCUT2D eigenvalue weighted by molar-refractivity contribution is -0.131. The van der Waals surface area contributed by atoms with Crippen LogP contribution in [0.2, 0.25) is 0 Å². The van der Waals surface area contributed by atoms with E-state index in [0.29, 0.717) is 35.2 Å². The maximum atomic E-state index is 16.0. The van der Waals surface area contributed by atoms with Crippen LogP contribution < -0.4 is 10.6 Å². The summed E-state index contributed by atoms with van der Waals surface area (Å²) >= 11 is 0. The third-order valence-corrected chi connectivity index (χ3v) is 6.56. The molecule has 1 aliphatic heterocycles. The standard InChI is InChI=1S/C27H32FN5O2/c1-17(2)20-11-12-21(23(24(20)28)19-8-5-4-6-9-19)25(32-27(35)22-10-7-13-30-22)26(34)18(3)14-33-16-29-15-31-33/h4-6,8-9,11-12,15-18,22,25,30H,7,10,13-14H2,1-3H3,(H,32,35). The van der Waals surface area contributed by atoms with Crippen LogP contribution in [-0.4, -0.2) is 39.0 Å². The second-order valence-electron chi connectivity index (χ2n) is 9.47. The van der Waals surface area contributed by atoms with Gasteiger partial charge in [-0.1, -0.05) is 63.2 Å². The first-order valence-corrected chi connectivity index (χ1v) is 12.1. The second-order valence-corrected chi connectivity index (χ2v) is 9.47. The topological polar surface area (TPSA) is 88.9 Å². The lowest BCUT2D eigenvalue weighted by Crippen LogP contribution is -2.45. The predicted octanol–water partition coefficient (Wildman–Crippen LogP) is 4.02. The van der Waals surface area contributed by atoms with Crippen molar-refractivity contribution in [3.8, 4) is 11.1 Å². The van der Waals surface area contributed by atoms with Crippen molar-refractivity contribution in [3.05, 3.63) is 72.1 Å². The van der Waals surface area contributed by atoms with Crippen LogP contribution in [0.15, 0.2) is 55.1 Å². The van der Waals surface area contributed by atoms with Crippen LogP contribution >= 0.6 is 0 Å². The van der Waals surface area contributed by atoms with Crippen molar-refractivity contribution >= 4 is 11.7 Å². The minimum absolute atomic E-state index is 0.0378. The van der Waals surface area contributed by atoms with Crippen LogP contribution in [0.4, 0.5) is 4.39 Å². The molecular formula is C27H32FN5O2. The Morgan fingerprint density at radius 1 is 1.14 bits per heavy atom. The van der Waals surface area contributed by atoms with E-state index in [-0.39, 0.29) is 29.5 Å². The number of hydrogen-bond acceptors (Lipinski definition) is 5. The van der Waals surface area contributed by atoms with Crippen molar-refractivity contribution in [3.63, 3.8) is 0 Å². The summed E-state index contributed by atoms with van der Waals surface area (Å²) in [5.74, 6) is -1.35. The molecule has 1 fully saturated rings. The maximum absolute atomic E-state index is 16.0. The zero-order valence-electron chi connectivity index (χ0n) is 20.4. The first-order valence-electron chi connectivity index (χ1n) is 12.1. The van der Waals surface area contributed by atoms with Gasteiger partial charge in [-0.25, -0.2) is 9.37 Å². The van der Waals surface area contributed by atoms with Gasteiger partial charge in [0.15, 0.2) is 5.78 Å². The van der Waals surface area contributed by atoms with Gasteiger partial charge in [0.1, 0.15) is 24.5 Å². The van der Waals surface area contributed by atoms with E-state index in [1.807, 2.05) is 44.2 Å². The van der Waals surface area contributed by atoms with E-state index >= 15 is 4.39 Å². The number of Topliss-reactive ketones (excluding diaryl/α,β-unsaturated/α-hetero) is 1. The Kier molecular flexibility index (Phi) is 7.70. The molecule has 2 aromatic carbocycles. The van der Waals surface area contributed by atoms with Gasteiger partial charge in [0.05, 0.1) is 12.6 Å². The van der Waals surface area contributed by atoms with Gasteiger partial charge in [0.25, 0.3) is 0 Å². The highest BCUT2D eigenvalue weighted by Gasteiger charge is 2.34. The lowest BCUT2D eigenvalue weighted by atomic mass is 9.85. The van der Waals surface area contributed by atoms with Crippen molar-refractivity contribution < 1.29 is 14.0 Å². The molecule has 0 bridgehead atoms. The minimum atomic E-state index is -1.01. The van der Waals surface area contributed by atoms with Crippen LogP contribution in [0.5, 0.6) is 0 Å². The van der Waals surface area contributed by atoms with Crippen molar-refractivity contribution in [2.24, 2.45) is 5.92 Å². The summed E-state index contributed by atoms with van der Waals surface area (Å²) in [4.78, 5) is 30.9. The van der Waals surface area contributed by atoms with Crippen LogP contribution in [-0.2, 0) is 16.1 Å².